The van der Waals surface area contributed by atoms with E-state index in [0.717, 1.165) is 0 Å². The predicted molar refractivity (Wildman–Crippen MR) is 36.7 cm³/mol. The molecule has 4 N–H and O–H groups in total. The molecular formula is CH4O6P2S. The Labute approximate surface area is 61.2 Å². The normalized spacial score (nSPS) is 13.2. The fourth-order valence-corrected chi connectivity index (χ4v) is 1.53. The summed E-state index contributed by atoms with van der Waals surface area (Å²) in [6.07, 6.45) is 0. The van der Waals surface area contributed by atoms with Crippen LogP contribution < -0.4 is 0 Å². The topological polar surface area (TPSA) is 115 Å². The van der Waals surface area contributed by atoms with Gasteiger partial charge in [-0.25, -0.2) is 0 Å². The number of hydrogen-bond donors (Lipinski definition) is 4. The lowest BCUT2D eigenvalue weighted by Crippen LogP contribution is -1.95. The summed E-state index contributed by atoms with van der Waals surface area (Å²) in [5.41, 5.74) is 0. The fraction of sp³-hybridized carbons (Fsp3) is 0. The summed E-state index contributed by atoms with van der Waals surface area (Å²) in [5, 5.41) is 0. The van der Waals surface area contributed by atoms with E-state index >= 15 is 0 Å². The van der Waals surface area contributed by atoms with Crippen molar-refractivity contribution in [2.24, 2.45) is 0 Å². The van der Waals surface area contributed by atoms with Crippen molar-refractivity contribution in [2.75, 3.05) is 0 Å². The maximum absolute atomic E-state index is 10.0. The minimum Gasteiger partial charge on any atom is -0.320 e. The van der Waals surface area contributed by atoms with Gasteiger partial charge >= 0.3 is 15.2 Å². The Hall–Kier alpha value is 0.390. The first-order valence-corrected chi connectivity index (χ1v) is 5.45. The standard InChI is InChI=1S/CH4O6P2S/c2-8(3,4)1(10)9(5,6)7/h(H2,2,3,4)(H2,5,6,7). The summed E-state index contributed by atoms with van der Waals surface area (Å²) in [4.78, 5) is 32.4. The second kappa shape index (κ2) is 2.79. The molecule has 0 aromatic rings. The van der Waals surface area contributed by atoms with E-state index in [2.05, 4.69) is 12.2 Å². The van der Waals surface area contributed by atoms with Gasteiger partial charge in [0.15, 0.2) is 0 Å². The lowest BCUT2D eigenvalue weighted by atomic mass is 11.9. The van der Waals surface area contributed by atoms with Gasteiger partial charge in [-0.15, -0.1) is 0 Å². The summed E-state index contributed by atoms with van der Waals surface area (Å²) in [5.74, 6) is 0. The summed E-state index contributed by atoms with van der Waals surface area (Å²) < 4.78 is 18.6. The van der Waals surface area contributed by atoms with Gasteiger partial charge in [0.05, 0.1) is 0 Å². The Morgan fingerprint density at radius 1 is 1.00 bits per heavy atom. The Balaban J connectivity index is 4.75. The zero-order chi connectivity index (χ0) is 8.58. The van der Waals surface area contributed by atoms with Gasteiger partial charge in [-0.3, -0.25) is 9.13 Å². The van der Waals surface area contributed by atoms with E-state index in [1.54, 1.807) is 0 Å². The highest BCUT2D eigenvalue weighted by Gasteiger charge is 2.36. The number of rotatable bonds is 2. The molecule has 0 aromatic heterocycles. The second-order valence-electron chi connectivity index (χ2n) is 1.37. The molecule has 0 heterocycles. The Morgan fingerprint density at radius 3 is 1.20 bits per heavy atom. The lowest BCUT2D eigenvalue weighted by molar-refractivity contribution is 0.382. The molecule has 0 rings (SSSR count). The molecule has 0 unspecified atom stereocenters. The molecule has 0 aliphatic heterocycles. The first-order chi connectivity index (χ1) is 4.15. The van der Waals surface area contributed by atoms with Gasteiger partial charge in [0.25, 0.3) is 0 Å². The van der Waals surface area contributed by atoms with Crippen LogP contribution in [-0.2, 0) is 9.13 Å². The largest absolute Gasteiger partial charge is 0.375 e. The van der Waals surface area contributed by atoms with Crippen molar-refractivity contribution in [3.63, 3.8) is 0 Å². The molecule has 0 atom stereocenters. The Bertz CT molecular complexity index is 208. The van der Waals surface area contributed by atoms with E-state index in [9.17, 15) is 9.13 Å². The molecule has 0 fully saturated rings. The minimum atomic E-state index is -4.91. The van der Waals surface area contributed by atoms with Gasteiger partial charge in [-0.1, -0.05) is 12.2 Å². The Kier molecular flexibility index (Phi) is 2.90. The fourth-order valence-electron chi connectivity index (χ4n) is 0.170. The Morgan fingerprint density at radius 2 is 1.20 bits per heavy atom. The van der Waals surface area contributed by atoms with Crippen LogP contribution in [-0.4, -0.2) is 23.9 Å². The second-order valence-corrected chi connectivity index (χ2v) is 5.81. The van der Waals surface area contributed by atoms with E-state index in [1.807, 2.05) is 0 Å². The van der Waals surface area contributed by atoms with Crippen LogP contribution in [0.1, 0.15) is 0 Å². The van der Waals surface area contributed by atoms with Crippen molar-refractivity contribution in [1.29, 1.82) is 0 Å². The molecule has 0 aromatic carbocycles. The molecule has 6 nitrogen and oxygen atoms in total. The van der Waals surface area contributed by atoms with Crippen LogP contribution >= 0.6 is 27.4 Å². The maximum Gasteiger partial charge on any atom is 0.375 e. The average Bonchev–Trinajstić information content (AvgIpc) is 1.59. The van der Waals surface area contributed by atoms with E-state index in [-0.39, 0.29) is 0 Å². The molecule has 0 radical (unpaired) electrons. The summed E-state index contributed by atoms with van der Waals surface area (Å²) in [7, 11) is -9.82. The molecule has 9 heteroatoms. The molecule has 0 saturated heterocycles. The molecule has 0 aliphatic rings. The van der Waals surface area contributed by atoms with Crippen molar-refractivity contribution >= 4 is 31.8 Å². The third-order valence-electron chi connectivity index (χ3n) is 0.498. The van der Waals surface area contributed by atoms with Crippen LogP contribution in [0.25, 0.3) is 0 Å². The van der Waals surface area contributed by atoms with Crippen molar-refractivity contribution < 1.29 is 28.7 Å². The van der Waals surface area contributed by atoms with Crippen LogP contribution in [0.15, 0.2) is 0 Å². The number of thiocarbonyl (C=S) groups is 1. The first-order valence-electron chi connectivity index (χ1n) is 1.82. The highest BCUT2D eigenvalue weighted by atomic mass is 32.1. The van der Waals surface area contributed by atoms with Crippen LogP contribution in [0.3, 0.4) is 0 Å². The summed E-state index contributed by atoms with van der Waals surface area (Å²) in [6, 6.07) is 0. The zero-order valence-electron chi connectivity index (χ0n) is 4.41. The van der Waals surface area contributed by atoms with Crippen LogP contribution in [0.2, 0.25) is 0 Å². The van der Waals surface area contributed by atoms with Crippen molar-refractivity contribution in [1.82, 2.24) is 0 Å². The summed E-state index contributed by atoms with van der Waals surface area (Å²) in [6.45, 7) is 0. The molecule has 10 heavy (non-hydrogen) atoms. The molecule has 0 aliphatic carbocycles. The van der Waals surface area contributed by atoms with E-state index in [0.29, 0.717) is 0 Å². The highest BCUT2D eigenvalue weighted by molar-refractivity contribution is 8.15. The molecular weight excluding hydrogens is 202 g/mol. The minimum absolute atomic E-state index is 1.51. The van der Waals surface area contributed by atoms with E-state index < -0.39 is 19.5 Å². The van der Waals surface area contributed by atoms with E-state index in [1.165, 1.54) is 0 Å². The van der Waals surface area contributed by atoms with Gasteiger partial charge in [-0.2, -0.15) is 0 Å². The quantitative estimate of drug-likeness (QED) is 0.359. The van der Waals surface area contributed by atoms with Gasteiger partial charge in [0, 0.05) is 0 Å². The zero-order valence-corrected chi connectivity index (χ0v) is 7.01. The van der Waals surface area contributed by atoms with E-state index in [4.69, 9.17) is 19.6 Å². The van der Waals surface area contributed by atoms with Gasteiger partial charge in [0.2, 0.25) is 4.35 Å². The third-order valence-corrected chi connectivity index (χ3v) is 4.49. The average molecular weight is 206 g/mol. The molecule has 60 valence electrons. The van der Waals surface area contributed by atoms with Crippen molar-refractivity contribution in [3.8, 4) is 0 Å². The molecule has 0 amide bonds. The number of hydrogen-bond acceptors (Lipinski definition) is 3. The molecule has 0 bridgehead atoms. The van der Waals surface area contributed by atoms with Crippen LogP contribution in [0.5, 0.6) is 0 Å². The SMILES string of the molecule is O=P(O)(O)C(=S)P(=O)(O)O. The van der Waals surface area contributed by atoms with Crippen molar-refractivity contribution in [2.45, 2.75) is 0 Å². The summed E-state index contributed by atoms with van der Waals surface area (Å²) >= 11 is 3.80. The maximum atomic E-state index is 10.0. The van der Waals surface area contributed by atoms with Gasteiger partial charge < -0.3 is 19.6 Å². The van der Waals surface area contributed by atoms with Crippen LogP contribution in [0.4, 0.5) is 0 Å². The monoisotopic (exact) mass is 206 g/mol. The van der Waals surface area contributed by atoms with Crippen molar-refractivity contribution in [3.05, 3.63) is 0 Å². The van der Waals surface area contributed by atoms with Crippen LogP contribution in [0, 0.1) is 0 Å². The molecule has 0 spiro atoms. The van der Waals surface area contributed by atoms with Gasteiger partial charge in [-0.05, 0) is 0 Å². The highest BCUT2D eigenvalue weighted by Crippen LogP contribution is 2.54. The lowest BCUT2D eigenvalue weighted by Gasteiger charge is -2.05. The first kappa shape index (κ1) is 10.4. The predicted octanol–water partition coefficient (Wildman–Crippen LogP) is -0.373. The third kappa shape index (κ3) is 2.98. The smallest absolute Gasteiger partial charge is 0.320 e. The molecule has 0 saturated carbocycles. The van der Waals surface area contributed by atoms with Gasteiger partial charge in [0.1, 0.15) is 0 Å².